The molecule has 0 spiro atoms. The molecule has 0 aliphatic heterocycles. The van der Waals surface area contributed by atoms with E-state index in [9.17, 15) is 4.39 Å². The number of thiocarbonyl (C=S) groups is 1. The van der Waals surface area contributed by atoms with E-state index in [2.05, 4.69) is 0 Å². The summed E-state index contributed by atoms with van der Waals surface area (Å²) in [5.41, 5.74) is 5.30. The molecule has 0 aliphatic carbocycles. The van der Waals surface area contributed by atoms with E-state index in [1.54, 1.807) is 6.07 Å². The van der Waals surface area contributed by atoms with E-state index in [-0.39, 0.29) is 5.82 Å². The van der Waals surface area contributed by atoms with Gasteiger partial charge in [-0.25, -0.2) is 4.39 Å². The number of benzene rings is 1. The first kappa shape index (κ1) is 9.48. The van der Waals surface area contributed by atoms with Crippen LogP contribution in [0, 0.1) is 5.82 Å². The van der Waals surface area contributed by atoms with Gasteiger partial charge in [0.05, 0.1) is 4.99 Å². The first-order chi connectivity index (χ1) is 5.68. The van der Waals surface area contributed by atoms with Gasteiger partial charge in [-0.3, -0.25) is 0 Å². The van der Waals surface area contributed by atoms with Gasteiger partial charge in [0.2, 0.25) is 0 Å². The molecule has 64 valence electrons. The minimum Gasteiger partial charge on any atom is -0.393 e. The summed E-state index contributed by atoms with van der Waals surface area (Å²) in [6, 6.07) is 6.36. The molecule has 1 rings (SSSR count). The van der Waals surface area contributed by atoms with Crippen LogP contribution in [-0.4, -0.2) is 10.7 Å². The fourth-order valence-electron chi connectivity index (χ4n) is 0.711. The zero-order chi connectivity index (χ0) is 8.97. The SMILES string of the molecule is NC(=S)CSc1cccc(F)c1. The highest BCUT2D eigenvalue weighted by Gasteiger charge is 1.96. The zero-order valence-corrected chi connectivity index (χ0v) is 7.92. The minimum atomic E-state index is -0.233. The second-order valence-electron chi connectivity index (χ2n) is 2.21. The van der Waals surface area contributed by atoms with Crippen molar-refractivity contribution in [2.24, 2.45) is 5.73 Å². The first-order valence-electron chi connectivity index (χ1n) is 3.35. The Bertz CT molecular complexity index is 288. The lowest BCUT2D eigenvalue weighted by Gasteiger charge is -1.98. The fraction of sp³-hybridized carbons (Fsp3) is 0.125. The molecule has 0 unspecified atom stereocenters. The van der Waals surface area contributed by atoms with Gasteiger partial charge in [0, 0.05) is 10.6 Å². The number of hydrogen-bond donors (Lipinski definition) is 1. The standard InChI is InChI=1S/C8H8FNS2/c9-6-2-1-3-7(4-6)12-5-8(10)11/h1-4H,5H2,(H2,10,11). The van der Waals surface area contributed by atoms with Crippen molar-refractivity contribution in [1.82, 2.24) is 0 Å². The molecule has 0 radical (unpaired) electrons. The first-order valence-corrected chi connectivity index (χ1v) is 4.74. The Morgan fingerprint density at radius 3 is 2.92 bits per heavy atom. The summed E-state index contributed by atoms with van der Waals surface area (Å²) in [6.45, 7) is 0. The topological polar surface area (TPSA) is 26.0 Å². The van der Waals surface area contributed by atoms with Gasteiger partial charge in [-0.1, -0.05) is 18.3 Å². The minimum absolute atomic E-state index is 0.233. The lowest BCUT2D eigenvalue weighted by atomic mass is 10.4. The lowest BCUT2D eigenvalue weighted by molar-refractivity contribution is 0.624. The third-order valence-corrected chi connectivity index (χ3v) is 2.55. The summed E-state index contributed by atoms with van der Waals surface area (Å²) in [4.78, 5) is 1.28. The van der Waals surface area contributed by atoms with Crippen molar-refractivity contribution in [3.8, 4) is 0 Å². The van der Waals surface area contributed by atoms with Gasteiger partial charge in [-0.15, -0.1) is 11.8 Å². The quantitative estimate of drug-likeness (QED) is 0.600. The summed E-state index contributed by atoms with van der Waals surface area (Å²) in [5.74, 6) is 0.321. The van der Waals surface area contributed by atoms with E-state index < -0.39 is 0 Å². The molecule has 0 atom stereocenters. The van der Waals surface area contributed by atoms with E-state index in [0.717, 1.165) is 4.90 Å². The Morgan fingerprint density at radius 2 is 2.33 bits per heavy atom. The summed E-state index contributed by atoms with van der Waals surface area (Å²) < 4.78 is 12.6. The lowest BCUT2D eigenvalue weighted by Crippen LogP contribution is -2.10. The molecule has 1 nitrogen and oxygen atoms in total. The Morgan fingerprint density at radius 1 is 1.58 bits per heavy atom. The molecule has 0 heterocycles. The molecule has 0 fully saturated rings. The molecule has 12 heavy (non-hydrogen) atoms. The van der Waals surface area contributed by atoms with Gasteiger partial charge in [0.25, 0.3) is 0 Å². The van der Waals surface area contributed by atoms with Gasteiger partial charge in [-0.05, 0) is 18.2 Å². The predicted octanol–water partition coefficient (Wildman–Crippen LogP) is 2.20. The van der Waals surface area contributed by atoms with Crippen molar-refractivity contribution in [2.45, 2.75) is 4.90 Å². The van der Waals surface area contributed by atoms with E-state index in [0.29, 0.717) is 10.7 Å². The molecule has 0 aliphatic rings. The van der Waals surface area contributed by atoms with Crippen LogP contribution >= 0.6 is 24.0 Å². The number of thioether (sulfide) groups is 1. The van der Waals surface area contributed by atoms with Crippen molar-refractivity contribution >= 4 is 29.0 Å². The molecule has 0 bridgehead atoms. The summed E-state index contributed by atoms with van der Waals surface area (Å²) >= 11 is 6.13. The molecule has 1 aromatic rings. The van der Waals surface area contributed by atoms with E-state index in [4.69, 9.17) is 18.0 Å². The molecule has 0 saturated heterocycles. The zero-order valence-electron chi connectivity index (χ0n) is 6.29. The number of rotatable bonds is 3. The second kappa shape index (κ2) is 4.42. The monoisotopic (exact) mass is 201 g/mol. The molecule has 0 aromatic heterocycles. The van der Waals surface area contributed by atoms with Crippen LogP contribution in [0.5, 0.6) is 0 Å². The van der Waals surface area contributed by atoms with Crippen LogP contribution in [0.3, 0.4) is 0 Å². The van der Waals surface area contributed by atoms with Gasteiger partial charge < -0.3 is 5.73 Å². The van der Waals surface area contributed by atoms with Gasteiger partial charge in [0.1, 0.15) is 5.82 Å². The number of nitrogens with two attached hydrogens (primary N) is 1. The third kappa shape index (κ3) is 3.19. The van der Waals surface area contributed by atoms with Gasteiger partial charge in [-0.2, -0.15) is 0 Å². The molecule has 4 heteroatoms. The van der Waals surface area contributed by atoms with Crippen molar-refractivity contribution in [3.63, 3.8) is 0 Å². The van der Waals surface area contributed by atoms with Crippen LogP contribution in [-0.2, 0) is 0 Å². The van der Waals surface area contributed by atoms with Gasteiger partial charge in [0.15, 0.2) is 0 Å². The Labute approximate surface area is 80.1 Å². The van der Waals surface area contributed by atoms with Crippen LogP contribution < -0.4 is 5.73 Å². The van der Waals surface area contributed by atoms with Crippen molar-refractivity contribution in [3.05, 3.63) is 30.1 Å². The maximum absolute atomic E-state index is 12.6. The van der Waals surface area contributed by atoms with Crippen LogP contribution in [0.1, 0.15) is 0 Å². The summed E-state index contributed by atoms with van der Waals surface area (Å²) in [5, 5.41) is 0. The Hall–Kier alpha value is -0.610. The van der Waals surface area contributed by atoms with Gasteiger partial charge >= 0.3 is 0 Å². The van der Waals surface area contributed by atoms with E-state index >= 15 is 0 Å². The van der Waals surface area contributed by atoms with E-state index in [1.807, 2.05) is 6.07 Å². The predicted molar refractivity (Wildman–Crippen MR) is 53.9 cm³/mol. The third-order valence-electron chi connectivity index (χ3n) is 1.18. The van der Waals surface area contributed by atoms with Crippen LogP contribution in [0.15, 0.2) is 29.2 Å². The number of halogens is 1. The average molecular weight is 201 g/mol. The fourth-order valence-corrected chi connectivity index (χ4v) is 1.57. The molecular formula is C8H8FNS2. The molecule has 0 amide bonds. The van der Waals surface area contributed by atoms with Crippen molar-refractivity contribution < 1.29 is 4.39 Å². The summed E-state index contributed by atoms with van der Waals surface area (Å²) in [7, 11) is 0. The van der Waals surface area contributed by atoms with Crippen LogP contribution in [0.2, 0.25) is 0 Å². The second-order valence-corrected chi connectivity index (χ2v) is 3.79. The van der Waals surface area contributed by atoms with Crippen molar-refractivity contribution in [2.75, 3.05) is 5.75 Å². The van der Waals surface area contributed by atoms with Crippen molar-refractivity contribution in [1.29, 1.82) is 0 Å². The van der Waals surface area contributed by atoms with Crippen LogP contribution in [0.25, 0.3) is 0 Å². The largest absolute Gasteiger partial charge is 0.393 e. The van der Waals surface area contributed by atoms with Crippen LogP contribution in [0.4, 0.5) is 4.39 Å². The Kier molecular flexibility index (Phi) is 3.49. The highest BCUT2D eigenvalue weighted by Crippen LogP contribution is 2.17. The maximum atomic E-state index is 12.6. The Balaban J connectivity index is 2.57. The average Bonchev–Trinajstić information content (AvgIpc) is 2.01. The highest BCUT2D eigenvalue weighted by atomic mass is 32.2. The summed E-state index contributed by atoms with van der Waals surface area (Å²) in [6.07, 6.45) is 0. The molecule has 2 N–H and O–H groups in total. The molecule has 1 aromatic carbocycles. The normalized spacial score (nSPS) is 9.75. The molecule has 0 saturated carbocycles. The smallest absolute Gasteiger partial charge is 0.124 e. The number of hydrogen-bond acceptors (Lipinski definition) is 2. The maximum Gasteiger partial charge on any atom is 0.124 e. The van der Waals surface area contributed by atoms with E-state index in [1.165, 1.54) is 23.9 Å². The highest BCUT2D eigenvalue weighted by molar-refractivity contribution is 8.01. The molecular weight excluding hydrogens is 193 g/mol.